The number of carbonyl (C=O) groups excluding carboxylic acids is 2. The molecule has 2 rings (SSSR count). The van der Waals surface area contributed by atoms with Gasteiger partial charge in [-0.25, -0.2) is 4.79 Å². The number of carboxylic acid groups (broad SMARTS) is 2. The van der Waals surface area contributed by atoms with Crippen molar-refractivity contribution in [2.75, 3.05) is 6.54 Å². The SMILES string of the molecule is N[C@@H](Cc1c[nH]c2ccccc12)C(=O)NCC(=O)N[C@@H](CCC(=O)O)C(=O)O. The number of hydrogen-bond acceptors (Lipinski definition) is 5. The molecule has 2 atom stereocenters. The van der Waals surface area contributed by atoms with Gasteiger partial charge < -0.3 is 31.6 Å². The van der Waals surface area contributed by atoms with Crippen molar-refractivity contribution < 1.29 is 29.4 Å². The van der Waals surface area contributed by atoms with Crippen molar-refractivity contribution >= 4 is 34.7 Å². The number of nitrogens with one attached hydrogen (secondary N) is 3. The number of hydrogen-bond donors (Lipinski definition) is 6. The van der Waals surface area contributed by atoms with E-state index in [4.69, 9.17) is 15.9 Å². The Bertz CT molecular complexity index is 878. The summed E-state index contributed by atoms with van der Waals surface area (Å²) in [7, 11) is 0. The van der Waals surface area contributed by atoms with Gasteiger partial charge in [-0.3, -0.25) is 14.4 Å². The summed E-state index contributed by atoms with van der Waals surface area (Å²) in [6, 6.07) is 5.32. The van der Waals surface area contributed by atoms with Crippen LogP contribution >= 0.6 is 0 Å². The van der Waals surface area contributed by atoms with Crippen molar-refractivity contribution in [3.05, 3.63) is 36.0 Å². The van der Waals surface area contributed by atoms with Crippen molar-refractivity contribution in [3.63, 3.8) is 0 Å². The van der Waals surface area contributed by atoms with Gasteiger partial charge in [0.05, 0.1) is 12.6 Å². The van der Waals surface area contributed by atoms with Crippen LogP contribution in [0, 0.1) is 0 Å². The van der Waals surface area contributed by atoms with Gasteiger partial charge in [-0.15, -0.1) is 0 Å². The van der Waals surface area contributed by atoms with Crippen LogP contribution in [0.4, 0.5) is 0 Å². The average Bonchev–Trinajstić information content (AvgIpc) is 3.05. The van der Waals surface area contributed by atoms with Gasteiger partial charge in [0.25, 0.3) is 0 Å². The zero-order chi connectivity index (χ0) is 20.7. The maximum Gasteiger partial charge on any atom is 0.326 e. The highest BCUT2D eigenvalue weighted by Crippen LogP contribution is 2.18. The maximum atomic E-state index is 12.1. The minimum absolute atomic E-state index is 0.258. The molecule has 10 heteroatoms. The third kappa shape index (κ3) is 5.81. The van der Waals surface area contributed by atoms with E-state index in [0.29, 0.717) is 0 Å². The number of carbonyl (C=O) groups is 4. The molecule has 0 aliphatic heterocycles. The van der Waals surface area contributed by atoms with Crippen molar-refractivity contribution in [3.8, 4) is 0 Å². The van der Waals surface area contributed by atoms with Gasteiger partial charge >= 0.3 is 11.9 Å². The summed E-state index contributed by atoms with van der Waals surface area (Å²) >= 11 is 0. The molecule has 10 nitrogen and oxygen atoms in total. The molecule has 0 saturated carbocycles. The summed E-state index contributed by atoms with van der Waals surface area (Å²) < 4.78 is 0. The van der Waals surface area contributed by atoms with E-state index in [2.05, 4.69) is 15.6 Å². The molecule has 0 spiro atoms. The lowest BCUT2D eigenvalue weighted by molar-refractivity contribution is -0.143. The molecule has 0 bridgehead atoms. The number of para-hydroxylation sites is 1. The molecule has 1 aromatic carbocycles. The van der Waals surface area contributed by atoms with Gasteiger partial charge in [-0.1, -0.05) is 18.2 Å². The first-order chi connectivity index (χ1) is 13.3. The van der Waals surface area contributed by atoms with E-state index >= 15 is 0 Å². The van der Waals surface area contributed by atoms with Gasteiger partial charge in [0.2, 0.25) is 11.8 Å². The fourth-order valence-electron chi connectivity index (χ4n) is 2.70. The van der Waals surface area contributed by atoms with Crippen LogP contribution in [0.2, 0.25) is 0 Å². The van der Waals surface area contributed by atoms with Crippen molar-refractivity contribution in [1.29, 1.82) is 0 Å². The molecule has 0 aliphatic carbocycles. The predicted molar refractivity (Wildman–Crippen MR) is 99.4 cm³/mol. The highest BCUT2D eigenvalue weighted by atomic mass is 16.4. The Kier molecular flexibility index (Phi) is 7.10. The molecule has 150 valence electrons. The number of benzene rings is 1. The van der Waals surface area contributed by atoms with Crippen molar-refractivity contribution in [1.82, 2.24) is 15.6 Å². The van der Waals surface area contributed by atoms with Gasteiger partial charge in [0, 0.05) is 23.5 Å². The number of fused-ring (bicyclic) bond motifs is 1. The zero-order valence-corrected chi connectivity index (χ0v) is 15.0. The first kappa shape index (κ1) is 20.9. The predicted octanol–water partition coefficient (Wildman–Crippen LogP) is -0.412. The molecule has 0 unspecified atom stereocenters. The number of rotatable bonds is 10. The van der Waals surface area contributed by atoms with Crippen LogP contribution in [0.3, 0.4) is 0 Å². The van der Waals surface area contributed by atoms with Gasteiger partial charge in [0.15, 0.2) is 0 Å². The summed E-state index contributed by atoms with van der Waals surface area (Å²) in [6.45, 7) is -0.461. The fraction of sp³-hybridized carbons (Fsp3) is 0.333. The second-order valence-corrected chi connectivity index (χ2v) is 6.28. The lowest BCUT2D eigenvalue weighted by atomic mass is 10.1. The third-order valence-corrected chi connectivity index (χ3v) is 4.15. The van der Waals surface area contributed by atoms with Crippen LogP contribution in [-0.2, 0) is 25.6 Å². The van der Waals surface area contributed by atoms with E-state index in [-0.39, 0.29) is 12.8 Å². The normalized spacial score (nSPS) is 12.9. The van der Waals surface area contributed by atoms with Crippen LogP contribution in [0.25, 0.3) is 10.9 Å². The first-order valence-corrected chi connectivity index (χ1v) is 8.60. The molecule has 0 radical (unpaired) electrons. The zero-order valence-electron chi connectivity index (χ0n) is 15.0. The molecule has 28 heavy (non-hydrogen) atoms. The quantitative estimate of drug-likeness (QED) is 0.319. The molecular weight excluding hydrogens is 368 g/mol. The van der Waals surface area contributed by atoms with E-state index < -0.39 is 48.8 Å². The number of H-pyrrole nitrogens is 1. The molecule has 2 amide bonds. The third-order valence-electron chi connectivity index (χ3n) is 4.15. The summed E-state index contributed by atoms with van der Waals surface area (Å²) in [5.41, 5.74) is 7.68. The van der Waals surface area contributed by atoms with Gasteiger partial charge in [-0.05, 0) is 24.5 Å². The second kappa shape index (κ2) is 9.51. The van der Waals surface area contributed by atoms with Crippen LogP contribution < -0.4 is 16.4 Å². The van der Waals surface area contributed by atoms with Gasteiger partial charge in [0.1, 0.15) is 6.04 Å². The van der Waals surface area contributed by atoms with Gasteiger partial charge in [-0.2, -0.15) is 0 Å². The summed E-state index contributed by atoms with van der Waals surface area (Å²) in [5, 5.41) is 23.1. The number of amides is 2. The number of aromatic nitrogens is 1. The molecule has 2 aromatic rings. The number of nitrogens with two attached hydrogens (primary N) is 1. The van der Waals surface area contributed by atoms with Crippen molar-refractivity contribution in [2.45, 2.75) is 31.3 Å². The number of aromatic amines is 1. The Balaban J connectivity index is 1.83. The maximum absolute atomic E-state index is 12.1. The summed E-state index contributed by atoms with van der Waals surface area (Å²) in [4.78, 5) is 48.6. The van der Waals surface area contributed by atoms with Crippen LogP contribution in [0.5, 0.6) is 0 Å². The van der Waals surface area contributed by atoms with E-state index in [1.54, 1.807) is 6.20 Å². The van der Waals surface area contributed by atoms with E-state index in [1.165, 1.54) is 0 Å². The Morgan fingerprint density at radius 2 is 1.86 bits per heavy atom. The number of aliphatic carboxylic acids is 2. The van der Waals surface area contributed by atoms with E-state index in [0.717, 1.165) is 16.5 Å². The minimum Gasteiger partial charge on any atom is -0.481 e. The van der Waals surface area contributed by atoms with E-state index in [1.807, 2.05) is 24.3 Å². The highest BCUT2D eigenvalue weighted by molar-refractivity contribution is 5.90. The monoisotopic (exact) mass is 390 g/mol. The smallest absolute Gasteiger partial charge is 0.326 e. The molecular formula is C18H22N4O6. The Morgan fingerprint density at radius 3 is 2.54 bits per heavy atom. The summed E-state index contributed by atoms with van der Waals surface area (Å²) in [6.07, 6.45) is 1.36. The topological polar surface area (TPSA) is 175 Å². The lowest BCUT2D eigenvalue weighted by Gasteiger charge is -2.15. The van der Waals surface area contributed by atoms with Crippen LogP contribution in [-0.4, -0.2) is 57.6 Å². The van der Waals surface area contributed by atoms with Crippen LogP contribution in [0.1, 0.15) is 18.4 Å². The Labute approximate surface area is 160 Å². The second-order valence-electron chi connectivity index (χ2n) is 6.28. The minimum atomic E-state index is -1.35. The highest BCUT2D eigenvalue weighted by Gasteiger charge is 2.22. The number of carboxylic acids is 2. The van der Waals surface area contributed by atoms with Crippen molar-refractivity contribution in [2.24, 2.45) is 5.73 Å². The molecule has 0 saturated heterocycles. The largest absolute Gasteiger partial charge is 0.481 e. The Hall–Kier alpha value is -3.40. The lowest BCUT2D eigenvalue weighted by Crippen LogP contribution is -2.49. The summed E-state index contributed by atoms with van der Waals surface area (Å²) in [5.74, 6) is -3.82. The van der Waals surface area contributed by atoms with E-state index in [9.17, 15) is 19.2 Å². The Morgan fingerprint density at radius 1 is 1.14 bits per heavy atom. The molecule has 0 aliphatic rings. The standard InChI is InChI=1S/C18H22N4O6/c19-12(7-10-8-20-13-4-2-1-3-11(10)13)17(26)21-9-15(23)22-14(18(27)28)5-6-16(24)25/h1-4,8,12,14,20H,5-7,9,19H2,(H,21,26)(H,22,23)(H,24,25)(H,27,28)/t12-,14-/m0/s1. The molecule has 7 N–H and O–H groups in total. The average molecular weight is 390 g/mol. The fourth-order valence-corrected chi connectivity index (χ4v) is 2.70. The molecule has 1 heterocycles. The molecule has 0 fully saturated rings. The van der Waals surface area contributed by atoms with Crippen LogP contribution in [0.15, 0.2) is 30.5 Å². The first-order valence-electron chi connectivity index (χ1n) is 8.60. The molecule has 1 aromatic heterocycles.